The number of rotatable bonds is 2. The van der Waals surface area contributed by atoms with Crippen LogP contribution in [0.25, 0.3) is 0 Å². The van der Waals surface area contributed by atoms with Gasteiger partial charge in [-0.15, -0.1) is 0 Å². The minimum Gasteiger partial charge on any atom is -0.389 e. The van der Waals surface area contributed by atoms with Gasteiger partial charge in [0.1, 0.15) is 5.82 Å². The molecule has 0 aliphatic carbocycles. The number of fused-ring (bicyclic) bond motifs is 1. The predicted octanol–water partition coefficient (Wildman–Crippen LogP) is 3.44. The van der Waals surface area contributed by atoms with Crippen molar-refractivity contribution in [2.24, 2.45) is 0 Å². The maximum atomic E-state index is 13.5. The fraction of sp³-hybridized carbons (Fsp3) is 0.235. The summed E-state index contributed by atoms with van der Waals surface area (Å²) in [5, 5.41) is 19.0. The molecule has 0 spiro atoms. The third-order valence-corrected chi connectivity index (χ3v) is 3.84. The molecule has 0 saturated carbocycles. The van der Waals surface area contributed by atoms with Gasteiger partial charge in [-0.05, 0) is 43.2 Å². The average Bonchev–Trinajstić information content (AvgIpc) is 2.89. The van der Waals surface area contributed by atoms with Gasteiger partial charge in [0.05, 0.1) is 17.7 Å². The van der Waals surface area contributed by atoms with Gasteiger partial charge in [-0.3, -0.25) is 0 Å². The second-order valence-electron chi connectivity index (χ2n) is 5.24. The van der Waals surface area contributed by atoms with Crippen molar-refractivity contribution in [1.29, 1.82) is 5.26 Å². The van der Waals surface area contributed by atoms with Crippen molar-refractivity contribution in [2.75, 3.05) is 11.4 Å². The monoisotopic (exact) mass is 282 g/mol. The topological polar surface area (TPSA) is 47.3 Å². The molecule has 2 aromatic rings. The number of hydrogen-bond donors (Lipinski definition) is 1. The smallest absolute Gasteiger partial charge is 0.125 e. The molecule has 0 bridgehead atoms. The molecule has 3 rings (SSSR count). The molecule has 3 nitrogen and oxygen atoms in total. The molecular formula is C17H15FN2O. The van der Waals surface area contributed by atoms with Crippen LogP contribution in [0.4, 0.5) is 15.8 Å². The molecule has 1 unspecified atom stereocenters. The molecule has 21 heavy (non-hydrogen) atoms. The summed E-state index contributed by atoms with van der Waals surface area (Å²) in [5.74, 6) is -0.282. The molecule has 1 atom stereocenters. The largest absolute Gasteiger partial charge is 0.389 e. The van der Waals surface area contributed by atoms with Crippen LogP contribution in [0.2, 0.25) is 0 Å². The zero-order chi connectivity index (χ0) is 15.0. The molecule has 0 saturated heterocycles. The molecule has 0 aromatic heterocycles. The van der Waals surface area contributed by atoms with Crippen molar-refractivity contribution in [3.05, 3.63) is 58.9 Å². The molecule has 0 fully saturated rings. The van der Waals surface area contributed by atoms with Gasteiger partial charge in [0.25, 0.3) is 0 Å². The minimum absolute atomic E-state index is 0.282. The first kappa shape index (κ1) is 13.6. The number of halogens is 1. The van der Waals surface area contributed by atoms with E-state index in [0.717, 1.165) is 28.9 Å². The van der Waals surface area contributed by atoms with Crippen LogP contribution in [0.1, 0.15) is 29.7 Å². The van der Waals surface area contributed by atoms with Crippen LogP contribution in [-0.2, 0) is 6.42 Å². The van der Waals surface area contributed by atoms with Crippen LogP contribution >= 0.6 is 0 Å². The Balaban J connectivity index is 2.14. The van der Waals surface area contributed by atoms with E-state index in [1.165, 1.54) is 12.1 Å². The van der Waals surface area contributed by atoms with E-state index < -0.39 is 6.10 Å². The summed E-state index contributed by atoms with van der Waals surface area (Å²) in [4.78, 5) is 1.97. The quantitative estimate of drug-likeness (QED) is 0.917. The summed E-state index contributed by atoms with van der Waals surface area (Å²) < 4.78 is 13.5. The summed E-state index contributed by atoms with van der Waals surface area (Å²) in [7, 11) is 0. The second-order valence-corrected chi connectivity index (χ2v) is 5.24. The van der Waals surface area contributed by atoms with E-state index >= 15 is 0 Å². The van der Waals surface area contributed by atoms with Crippen LogP contribution in [0.3, 0.4) is 0 Å². The Kier molecular flexibility index (Phi) is 3.36. The van der Waals surface area contributed by atoms with Crippen molar-refractivity contribution in [1.82, 2.24) is 0 Å². The molecule has 0 radical (unpaired) electrons. The third-order valence-electron chi connectivity index (χ3n) is 3.84. The Morgan fingerprint density at radius 1 is 1.24 bits per heavy atom. The van der Waals surface area contributed by atoms with Crippen LogP contribution in [0.5, 0.6) is 0 Å². The van der Waals surface area contributed by atoms with Gasteiger partial charge in [0, 0.05) is 23.5 Å². The number of nitrogens with zero attached hydrogens (tertiary/aromatic N) is 2. The van der Waals surface area contributed by atoms with E-state index in [2.05, 4.69) is 6.07 Å². The number of aliphatic hydroxyl groups excluding tert-OH is 1. The van der Waals surface area contributed by atoms with Gasteiger partial charge in [0.15, 0.2) is 0 Å². The average molecular weight is 282 g/mol. The van der Waals surface area contributed by atoms with Gasteiger partial charge in [0.2, 0.25) is 0 Å². The first-order valence-corrected chi connectivity index (χ1v) is 6.88. The van der Waals surface area contributed by atoms with E-state index in [9.17, 15) is 9.50 Å². The number of aliphatic hydroxyl groups is 1. The summed E-state index contributed by atoms with van der Waals surface area (Å²) in [6.45, 7) is 2.40. The highest BCUT2D eigenvalue weighted by atomic mass is 19.1. The molecule has 4 heteroatoms. The first-order valence-electron chi connectivity index (χ1n) is 6.88. The number of benzene rings is 2. The molecule has 2 aromatic carbocycles. The van der Waals surface area contributed by atoms with Gasteiger partial charge in [-0.1, -0.05) is 12.1 Å². The van der Waals surface area contributed by atoms with E-state index in [1.54, 1.807) is 31.2 Å². The molecular weight excluding hydrogens is 267 g/mol. The van der Waals surface area contributed by atoms with E-state index in [-0.39, 0.29) is 5.82 Å². The van der Waals surface area contributed by atoms with Crippen LogP contribution in [-0.4, -0.2) is 11.7 Å². The molecule has 0 amide bonds. The Bertz CT molecular complexity index is 734. The highest BCUT2D eigenvalue weighted by molar-refractivity contribution is 5.73. The Morgan fingerprint density at radius 2 is 2.05 bits per heavy atom. The predicted molar refractivity (Wildman–Crippen MR) is 78.9 cm³/mol. The molecule has 1 aliphatic heterocycles. The molecule has 1 aliphatic rings. The van der Waals surface area contributed by atoms with Crippen molar-refractivity contribution >= 4 is 11.4 Å². The standard InChI is InChI=1S/C17H15FN2O/c1-11(21)15-5-2-12(10-19)8-17(15)20-7-6-13-3-4-14(18)9-16(13)20/h2-5,8-9,11,21H,6-7H2,1H3. The summed E-state index contributed by atoms with van der Waals surface area (Å²) >= 11 is 0. The Morgan fingerprint density at radius 3 is 2.76 bits per heavy atom. The van der Waals surface area contributed by atoms with E-state index in [0.29, 0.717) is 12.1 Å². The highest BCUT2D eigenvalue weighted by Crippen LogP contribution is 2.38. The lowest BCUT2D eigenvalue weighted by molar-refractivity contribution is 0.200. The maximum Gasteiger partial charge on any atom is 0.125 e. The fourth-order valence-corrected chi connectivity index (χ4v) is 2.80. The molecule has 1 N–H and O–H groups in total. The summed E-state index contributed by atoms with van der Waals surface area (Å²) in [5.41, 5.74) is 3.93. The minimum atomic E-state index is -0.648. The normalized spacial score (nSPS) is 14.7. The summed E-state index contributed by atoms with van der Waals surface area (Å²) in [6.07, 6.45) is 0.177. The first-order chi connectivity index (χ1) is 10.1. The second kappa shape index (κ2) is 5.19. The third kappa shape index (κ3) is 2.37. The van der Waals surface area contributed by atoms with Crippen LogP contribution < -0.4 is 4.90 Å². The van der Waals surface area contributed by atoms with Gasteiger partial charge < -0.3 is 10.0 Å². The van der Waals surface area contributed by atoms with Crippen LogP contribution in [0.15, 0.2) is 36.4 Å². The number of nitriles is 1. The van der Waals surface area contributed by atoms with Gasteiger partial charge >= 0.3 is 0 Å². The zero-order valence-corrected chi connectivity index (χ0v) is 11.7. The van der Waals surface area contributed by atoms with E-state index in [1.807, 2.05) is 4.90 Å². The number of hydrogen-bond acceptors (Lipinski definition) is 3. The summed E-state index contributed by atoms with van der Waals surface area (Å²) in [6, 6.07) is 12.1. The van der Waals surface area contributed by atoms with Crippen molar-refractivity contribution in [3.63, 3.8) is 0 Å². The highest BCUT2D eigenvalue weighted by Gasteiger charge is 2.24. The van der Waals surface area contributed by atoms with E-state index in [4.69, 9.17) is 5.26 Å². The molecule has 106 valence electrons. The lowest BCUT2D eigenvalue weighted by atomic mass is 10.0. The van der Waals surface area contributed by atoms with Crippen molar-refractivity contribution < 1.29 is 9.50 Å². The van der Waals surface area contributed by atoms with Crippen molar-refractivity contribution in [2.45, 2.75) is 19.4 Å². The lowest BCUT2D eigenvalue weighted by Crippen LogP contribution is -2.16. The van der Waals surface area contributed by atoms with Gasteiger partial charge in [-0.25, -0.2) is 4.39 Å². The van der Waals surface area contributed by atoms with Gasteiger partial charge in [-0.2, -0.15) is 5.26 Å². The Labute approximate surface area is 122 Å². The SMILES string of the molecule is CC(O)c1ccc(C#N)cc1N1CCc2ccc(F)cc21. The van der Waals surface area contributed by atoms with Crippen molar-refractivity contribution in [3.8, 4) is 6.07 Å². The number of anilines is 2. The Hall–Kier alpha value is -2.38. The molecule has 1 heterocycles. The fourth-order valence-electron chi connectivity index (χ4n) is 2.80. The zero-order valence-electron chi connectivity index (χ0n) is 11.7. The lowest BCUT2D eigenvalue weighted by Gasteiger charge is -2.24. The maximum absolute atomic E-state index is 13.5. The van der Waals surface area contributed by atoms with Crippen LogP contribution in [0, 0.1) is 17.1 Å².